The largest absolute Gasteiger partial charge is 0.483 e. The predicted molar refractivity (Wildman–Crippen MR) is 79.4 cm³/mol. The zero-order chi connectivity index (χ0) is 14.5. The second kappa shape index (κ2) is 6.75. The van der Waals surface area contributed by atoms with Crippen LogP contribution in [0.4, 0.5) is 0 Å². The average Bonchev–Trinajstić information content (AvgIpc) is 3.26. The summed E-state index contributed by atoms with van der Waals surface area (Å²) < 4.78 is 5.65. The molecule has 0 atom stereocenters. The van der Waals surface area contributed by atoms with Gasteiger partial charge in [-0.3, -0.25) is 4.79 Å². The van der Waals surface area contributed by atoms with Gasteiger partial charge in [-0.15, -0.1) is 0 Å². The third-order valence-electron chi connectivity index (χ3n) is 3.64. The molecule has 0 bridgehead atoms. The van der Waals surface area contributed by atoms with E-state index < -0.39 is 0 Å². The van der Waals surface area contributed by atoms with Crippen molar-refractivity contribution in [3.63, 3.8) is 0 Å². The summed E-state index contributed by atoms with van der Waals surface area (Å²) in [4.78, 5) is 14.2. The Hall–Kier alpha value is -1.55. The van der Waals surface area contributed by atoms with E-state index in [9.17, 15) is 4.79 Å². The Labute approximate surface area is 120 Å². The van der Waals surface area contributed by atoms with Gasteiger partial charge in [0.2, 0.25) is 0 Å². The molecule has 0 aromatic heterocycles. The Morgan fingerprint density at radius 2 is 2.10 bits per heavy atom. The molecule has 0 saturated heterocycles. The first-order valence-corrected chi connectivity index (χ1v) is 7.32. The molecule has 0 spiro atoms. The Balaban J connectivity index is 1.92. The maximum absolute atomic E-state index is 12.3. The lowest BCUT2D eigenvalue weighted by Gasteiger charge is -2.27. The highest BCUT2D eigenvalue weighted by Crippen LogP contribution is 2.30. The minimum atomic E-state index is 0.0544. The maximum atomic E-state index is 12.3. The predicted octanol–water partition coefficient (Wildman–Crippen LogP) is 2.17. The monoisotopic (exact) mass is 276 g/mol. The summed E-state index contributed by atoms with van der Waals surface area (Å²) in [6.07, 6.45) is 2.49. The number of benzene rings is 1. The number of hydrogen-bond donors (Lipinski definition) is 1. The molecule has 0 radical (unpaired) electrons. The molecule has 4 heteroatoms. The highest BCUT2D eigenvalue weighted by molar-refractivity contribution is 5.78. The summed E-state index contributed by atoms with van der Waals surface area (Å²) in [5, 5.41) is 0. The Bertz CT molecular complexity index is 456. The van der Waals surface area contributed by atoms with E-state index in [0.29, 0.717) is 18.2 Å². The van der Waals surface area contributed by atoms with E-state index in [0.717, 1.165) is 12.1 Å². The number of amides is 1. The zero-order valence-electron chi connectivity index (χ0n) is 12.3. The van der Waals surface area contributed by atoms with Crippen molar-refractivity contribution in [1.82, 2.24) is 4.90 Å². The number of carbonyl (C=O) groups excluding carboxylic acids is 1. The van der Waals surface area contributed by atoms with Crippen molar-refractivity contribution in [2.45, 2.75) is 39.3 Å². The quantitative estimate of drug-likeness (QED) is 0.830. The van der Waals surface area contributed by atoms with Crippen molar-refractivity contribution in [1.29, 1.82) is 0 Å². The smallest absolute Gasteiger partial charge is 0.260 e. The lowest BCUT2D eigenvalue weighted by molar-refractivity contribution is -0.135. The molecule has 1 aromatic rings. The van der Waals surface area contributed by atoms with Gasteiger partial charge in [-0.25, -0.2) is 0 Å². The van der Waals surface area contributed by atoms with Gasteiger partial charge in [0.15, 0.2) is 6.61 Å². The number of ether oxygens (including phenoxy) is 1. The van der Waals surface area contributed by atoms with Crippen LogP contribution in [0.5, 0.6) is 5.75 Å². The number of carbonyl (C=O) groups is 1. The molecular weight excluding hydrogens is 252 g/mol. The van der Waals surface area contributed by atoms with Crippen LogP contribution in [0.25, 0.3) is 0 Å². The van der Waals surface area contributed by atoms with Crippen molar-refractivity contribution in [2.24, 2.45) is 11.7 Å². The molecule has 1 aliphatic rings. The summed E-state index contributed by atoms with van der Waals surface area (Å²) in [5.74, 6) is 1.45. The van der Waals surface area contributed by atoms with E-state index in [1.807, 2.05) is 43.0 Å². The molecule has 2 N–H and O–H groups in total. The molecule has 0 aliphatic heterocycles. The molecule has 1 aromatic carbocycles. The Kier molecular flexibility index (Phi) is 5.01. The standard InChI is InChI=1S/C16H24N2O2/c1-12(2)18(10-13-7-8-13)16(19)11-20-15-6-4-3-5-14(15)9-17/h3-6,12-13H,7-11,17H2,1-2H3. The Morgan fingerprint density at radius 3 is 2.70 bits per heavy atom. The highest BCUT2D eigenvalue weighted by atomic mass is 16.5. The van der Waals surface area contributed by atoms with Gasteiger partial charge in [0.25, 0.3) is 5.91 Å². The summed E-state index contributed by atoms with van der Waals surface area (Å²) in [6.45, 7) is 5.46. The van der Waals surface area contributed by atoms with Crippen molar-refractivity contribution in [2.75, 3.05) is 13.2 Å². The van der Waals surface area contributed by atoms with Gasteiger partial charge >= 0.3 is 0 Å². The Morgan fingerprint density at radius 1 is 1.40 bits per heavy atom. The van der Waals surface area contributed by atoms with Crippen LogP contribution in [0.1, 0.15) is 32.3 Å². The van der Waals surface area contributed by atoms with E-state index in [1.54, 1.807) is 0 Å². The first-order chi connectivity index (χ1) is 9.61. The number of hydrogen-bond acceptors (Lipinski definition) is 3. The van der Waals surface area contributed by atoms with E-state index in [-0.39, 0.29) is 18.6 Å². The van der Waals surface area contributed by atoms with Crippen molar-refractivity contribution in [3.05, 3.63) is 29.8 Å². The normalized spacial score (nSPS) is 14.4. The molecule has 1 aliphatic carbocycles. The van der Waals surface area contributed by atoms with Gasteiger partial charge < -0.3 is 15.4 Å². The second-order valence-corrected chi connectivity index (χ2v) is 5.68. The molecular formula is C16H24N2O2. The molecule has 110 valence electrons. The molecule has 1 saturated carbocycles. The minimum Gasteiger partial charge on any atom is -0.483 e. The van der Waals surface area contributed by atoms with Crippen LogP contribution in [-0.4, -0.2) is 30.0 Å². The summed E-state index contributed by atoms with van der Waals surface area (Å²) in [7, 11) is 0. The van der Waals surface area contributed by atoms with Gasteiger partial charge in [0.05, 0.1) is 0 Å². The SMILES string of the molecule is CC(C)N(CC1CC1)C(=O)COc1ccccc1CN. The topological polar surface area (TPSA) is 55.6 Å². The van der Waals surface area contributed by atoms with E-state index in [2.05, 4.69) is 0 Å². The maximum Gasteiger partial charge on any atom is 0.260 e. The number of nitrogens with two attached hydrogens (primary N) is 1. The molecule has 1 amide bonds. The lowest BCUT2D eigenvalue weighted by atomic mass is 10.2. The lowest BCUT2D eigenvalue weighted by Crippen LogP contribution is -2.41. The molecule has 2 rings (SSSR count). The van der Waals surface area contributed by atoms with Crippen LogP contribution in [-0.2, 0) is 11.3 Å². The number of para-hydroxylation sites is 1. The third-order valence-corrected chi connectivity index (χ3v) is 3.64. The molecule has 20 heavy (non-hydrogen) atoms. The zero-order valence-corrected chi connectivity index (χ0v) is 12.3. The van der Waals surface area contributed by atoms with Gasteiger partial charge in [-0.05, 0) is 38.7 Å². The first-order valence-electron chi connectivity index (χ1n) is 7.32. The first kappa shape index (κ1) is 14.9. The summed E-state index contributed by atoms with van der Waals surface area (Å²) >= 11 is 0. The van der Waals surface area contributed by atoms with Crippen LogP contribution in [0.2, 0.25) is 0 Å². The third kappa shape index (κ3) is 3.97. The fourth-order valence-corrected chi connectivity index (χ4v) is 2.21. The van der Waals surface area contributed by atoms with Gasteiger partial charge in [0.1, 0.15) is 5.75 Å². The minimum absolute atomic E-state index is 0.0544. The van der Waals surface area contributed by atoms with Crippen LogP contribution in [0.3, 0.4) is 0 Å². The molecule has 1 fully saturated rings. The number of nitrogens with zero attached hydrogens (tertiary/aromatic N) is 1. The van der Waals surface area contributed by atoms with Crippen LogP contribution >= 0.6 is 0 Å². The fraction of sp³-hybridized carbons (Fsp3) is 0.562. The van der Waals surface area contributed by atoms with Crippen LogP contribution in [0.15, 0.2) is 24.3 Å². The molecule has 0 unspecified atom stereocenters. The van der Waals surface area contributed by atoms with Crippen LogP contribution < -0.4 is 10.5 Å². The fourth-order valence-electron chi connectivity index (χ4n) is 2.21. The van der Waals surface area contributed by atoms with Crippen molar-refractivity contribution < 1.29 is 9.53 Å². The van der Waals surface area contributed by atoms with E-state index >= 15 is 0 Å². The van der Waals surface area contributed by atoms with Gasteiger partial charge in [-0.1, -0.05) is 18.2 Å². The van der Waals surface area contributed by atoms with Gasteiger partial charge in [0, 0.05) is 24.7 Å². The van der Waals surface area contributed by atoms with Crippen molar-refractivity contribution >= 4 is 5.91 Å². The average molecular weight is 276 g/mol. The van der Waals surface area contributed by atoms with E-state index in [4.69, 9.17) is 10.5 Å². The van der Waals surface area contributed by atoms with Crippen LogP contribution in [0, 0.1) is 5.92 Å². The van der Waals surface area contributed by atoms with E-state index in [1.165, 1.54) is 12.8 Å². The van der Waals surface area contributed by atoms with Gasteiger partial charge in [-0.2, -0.15) is 0 Å². The second-order valence-electron chi connectivity index (χ2n) is 5.68. The number of rotatable bonds is 7. The molecule has 0 heterocycles. The summed E-state index contributed by atoms with van der Waals surface area (Å²) in [5.41, 5.74) is 6.59. The summed E-state index contributed by atoms with van der Waals surface area (Å²) in [6, 6.07) is 7.81. The highest BCUT2D eigenvalue weighted by Gasteiger charge is 2.28. The van der Waals surface area contributed by atoms with Crippen molar-refractivity contribution in [3.8, 4) is 5.75 Å². The molecule has 4 nitrogen and oxygen atoms in total.